The van der Waals surface area contributed by atoms with E-state index in [4.69, 9.17) is 9.47 Å². The van der Waals surface area contributed by atoms with Crippen LogP contribution in [0.5, 0.6) is 5.75 Å². The molecule has 96 valence electrons. The second-order valence-corrected chi connectivity index (χ2v) is 5.15. The molecule has 3 heteroatoms. The quantitative estimate of drug-likeness (QED) is 0.752. The van der Waals surface area contributed by atoms with Gasteiger partial charge in [0, 0.05) is 11.0 Å². The van der Waals surface area contributed by atoms with Crippen molar-refractivity contribution in [3.05, 3.63) is 29.8 Å². The molecule has 3 nitrogen and oxygen atoms in total. The molecule has 0 N–H and O–H groups in total. The van der Waals surface area contributed by atoms with E-state index >= 15 is 0 Å². The summed E-state index contributed by atoms with van der Waals surface area (Å²) < 4.78 is 10.9. The maximum atomic E-state index is 12.0. The molecule has 1 aromatic carbocycles. The topological polar surface area (TPSA) is 35.5 Å². The lowest BCUT2D eigenvalue weighted by atomic mass is 9.86. The minimum Gasteiger partial charge on any atom is -0.493 e. The van der Waals surface area contributed by atoms with Crippen LogP contribution in [0.25, 0.3) is 0 Å². The van der Waals surface area contributed by atoms with Gasteiger partial charge in [0.1, 0.15) is 5.75 Å². The molecule has 1 spiro atoms. The Kier molecular flexibility index (Phi) is 2.58. The SMILES string of the molecule is CCOC(=O)C1C(C)C12CCOc1ccccc12. The lowest BCUT2D eigenvalue weighted by Gasteiger charge is -2.27. The van der Waals surface area contributed by atoms with Crippen LogP contribution in [0.1, 0.15) is 25.8 Å². The zero-order chi connectivity index (χ0) is 12.8. The highest BCUT2D eigenvalue weighted by Crippen LogP contribution is 2.65. The molecule has 0 amide bonds. The Morgan fingerprint density at radius 2 is 2.28 bits per heavy atom. The summed E-state index contributed by atoms with van der Waals surface area (Å²) in [6.07, 6.45) is 0.911. The third-order valence-corrected chi connectivity index (χ3v) is 4.46. The van der Waals surface area contributed by atoms with Crippen LogP contribution in [0.4, 0.5) is 0 Å². The molecule has 0 aromatic heterocycles. The number of hydrogen-bond donors (Lipinski definition) is 0. The van der Waals surface area contributed by atoms with E-state index in [-0.39, 0.29) is 17.3 Å². The minimum atomic E-state index is -0.0540. The van der Waals surface area contributed by atoms with Gasteiger partial charge in [0.15, 0.2) is 0 Å². The van der Waals surface area contributed by atoms with E-state index < -0.39 is 0 Å². The van der Waals surface area contributed by atoms with E-state index in [1.54, 1.807) is 0 Å². The van der Waals surface area contributed by atoms with Gasteiger partial charge in [0.2, 0.25) is 0 Å². The number of hydrogen-bond acceptors (Lipinski definition) is 3. The molecular weight excluding hydrogens is 228 g/mol. The van der Waals surface area contributed by atoms with Crippen molar-refractivity contribution >= 4 is 5.97 Å². The van der Waals surface area contributed by atoms with Crippen molar-refractivity contribution in [3.63, 3.8) is 0 Å². The lowest BCUT2D eigenvalue weighted by molar-refractivity contribution is -0.145. The van der Waals surface area contributed by atoms with E-state index in [1.165, 1.54) is 5.56 Å². The summed E-state index contributed by atoms with van der Waals surface area (Å²) in [7, 11) is 0. The van der Waals surface area contributed by atoms with Crippen molar-refractivity contribution in [2.75, 3.05) is 13.2 Å². The second kappa shape index (κ2) is 4.01. The molecule has 1 heterocycles. The Morgan fingerprint density at radius 3 is 3.06 bits per heavy atom. The summed E-state index contributed by atoms with van der Waals surface area (Å²) in [6, 6.07) is 8.07. The zero-order valence-electron chi connectivity index (χ0n) is 10.8. The van der Waals surface area contributed by atoms with Crippen LogP contribution < -0.4 is 4.74 Å². The van der Waals surface area contributed by atoms with Gasteiger partial charge in [0.05, 0.1) is 19.1 Å². The Bertz CT molecular complexity index is 482. The van der Waals surface area contributed by atoms with Crippen LogP contribution in [0.3, 0.4) is 0 Å². The maximum Gasteiger partial charge on any atom is 0.310 e. The summed E-state index contributed by atoms with van der Waals surface area (Å²) in [5, 5.41) is 0. The first-order valence-corrected chi connectivity index (χ1v) is 6.60. The smallest absolute Gasteiger partial charge is 0.310 e. The average Bonchev–Trinajstić information content (AvgIpc) is 2.96. The molecule has 3 rings (SSSR count). The Balaban J connectivity index is 1.96. The van der Waals surface area contributed by atoms with Crippen LogP contribution in [-0.4, -0.2) is 19.2 Å². The standard InChI is InChI=1S/C15H18O3/c1-3-17-14(16)13-10(2)15(13)8-9-18-12-7-5-4-6-11(12)15/h4-7,10,13H,3,8-9H2,1-2H3. The lowest BCUT2D eigenvalue weighted by Crippen LogP contribution is -2.25. The van der Waals surface area contributed by atoms with Crippen molar-refractivity contribution in [1.82, 2.24) is 0 Å². The van der Waals surface area contributed by atoms with Crippen molar-refractivity contribution in [2.24, 2.45) is 11.8 Å². The molecule has 18 heavy (non-hydrogen) atoms. The fraction of sp³-hybridized carbons (Fsp3) is 0.533. The van der Waals surface area contributed by atoms with Gasteiger partial charge in [-0.1, -0.05) is 25.1 Å². The highest BCUT2D eigenvalue weighted by atomic mass is 16.5. The van der Waals surface area contributed by atoms with Crippen molar-refractivity contribution < 1.29 is 14.3 Å². The molecule has 1 saturated carbocycles. The molecule has 0 radical (unpaired) electrons. The number of para-hydroxylation sites is 1. The predicted octanol–water partition coefficient (Wildman–Crippen LogP) is 2.54. The minimum absolute atomic E-state index is 0.00231. The predicted molar refractivity (Wildman–Crippen MR) is 67.5 cm³/mol. The van der Waals surface area contributed by atoms with Crippen LogP contribution >= 0.6 is 0 Å². The fourth-order valence-corrected chi connectivity index (χ4v) is 3.51. The molecule has 0 bridgehead atoms. The first kappa shape index (κ1) is 11.6. The van der Waals surface area contributed by atoms with Gasteiger partial charge >= 0.3 is 5.97 Å². The van der Waals surface area contributed by atoms with Crippen LogP contribution in [0, 0.1) is 11.8 Å². The summed E-state index contributed by atoms with van der Waals surface area (Å²) in [5.74, 6) is 1.23. The Labute approximate surface area is 107 Å². The van der Waals surface area contributed by atoms with E-state index in [0.29, 0.717) is 19.1 Å². The number of benzene rings is 1. The number of carbonyl (C=O) groups is 1. The molecule has 1 fully saturated rings. The first-order chi connectivity index (χ1) is 8.71. The summed E-state index contributed by atoms with van der Waals surface area (Å²) >= 11 is 0. The summed E-state index contributed by atoms with van der Waals surface area (Å²) in [5.41, 5.74) is 1.14. The van der Waals surface area contributed by atoms with E-state index in [9.17, 15) is 4.79 Å². The average molecular weight is 246 g/mol. The molecule has 1 aliphatic carbocycles. The van der Waals surface area contributed by atoms with E-state index in [2.05, 4.69) is 13.0 Å². The fourth-order valence-electron chi connectivity index (χ4n) is 3.51. The van der Waals surface area contributed by atoms with Gasteiger partial charge in [0.25, 0.3) is 0 Å². The highest BCUT2D eigenvalue weighted by Gasteiger charge is 2.68. The number of carbonyl (C=O) groups excluding carboxylic acids is 1. The third-order valence-electron chi connectivity index (χ3n) is 4.46. The molecule has 1 aliphatic heterocycles. The van der Waals surface area contributed by atoms with Gasteiger partial charge in [-0.3, -0.25) is 4.79 Å². The zero-order valence-corrected chi connectivity index (χ0v) is 10.8. The number of rotatable bonds is 2. The molecule has 3 unspecified atom stereocenters. The Morgan fingerprint density at radius 1 is 1.50 bits per heavy atom. The van der Waals surface area contributed by atoms with Crippen LogP contribution in [0.15, 0.2) is 24.3 Å². The van der Waals surface area contributed by atoms with Crippen molar-refractivity contribution in [3.8, 4) is 5.75 Å². The van der Waals surface area contributed by atoms with Crippen LogP contribution in [-0.2, 0) is 14.9 Å². The van der Waals surface area contributed by atoms with Crippen molar-refractivity contribution in [1.29, 1.82) is 0 Å². The molecule has 2 aliphatic rings. The molecule has 0 saturated heterocycles. The molecule has 1 aromatic rings. The monoisotopic (exact) mass is 246 g/mol. The van der Waals surface area contributed by atoms with E-state index in [0.717, 1.165) is 12.2 Å². The number of ether oxygens (including phenoxy) is 2. The highest BCUT2D eigenvalue weighted by molar-refractivity contribution is 5.80. The van der Waals surface area contributed by atoms with Crippen LogP contribution in [0.2, 0.25) is 0 Å². The van der Waals surface area contributed by atoms with Gasteiger partial charge in [-0.05, 0) is 25.3 Å². The van der Waals surface area contributed by atoms with Gasteiger partial charge in [-0.25, -0.2) is 0 Å². The van der Waals surface area contributed by atoms with Crippen molar-refractivity contribution in [2.45, 2.75) is 25.7 Å². The van der Waals surface area contributed by atoms with E-state index in [1.807, 2.05) is 25.1 Å². The molecular formula is C15H18O3. The number of fused-ring (bicyclic) bond motifs is 2. The maximum absolute atomic E-state index is 12.0. The summed E-state index contributed by atoms with van der Waals surface area (Å²) in [4.78, 5) is 12.0. The van der Waals surface area contributed by atoms with Gasteiger partial charge in [-0.15, -0.1) is 0 Å². The second-order valence-electron chi connectivity index (χ2n) is 5.15. The van der Waals surface area contributed by atoms with Gasteiger partial charge in [-0.2, -0.15) is 0 Å². The number of esters is 1. The molecule has 3 atom stereocenters. The van der Waals surface area contributed by atoms with Gasteiger partial charge < -0.3 is 9.47 Å². The first-order valence-electron chi connectivity index (χ1n) is 6.60. The normalized spacial score (nSPS) is 32.6. The summed E-state index contributed by atoms with van der Waals surface area (Å²) in [6.45, 7) is 5.15. The largest absolute Gasteiger partial charge is 0.493 e. The Hall–Kier alpha value is -1.51. The third kappa shape index (κ3) is 1.39.